The zero-order valence-electron chi connectivity index (χ0n) is 11.5. The molecule has 0 aromatic heterocycles. The Hall–Kier alpha value is -2.66. The SMILES string of the molecule is O=CO.O=COCc1ccccc1.OCc1ccccc1. The van der Waals surface area contributed by atoms with Gasteiger partial charge in [0.25, 0.3) is 12.9 Å². The van der Waals surface area contributed by atoms with Gasteiger partial charge in [-0.05, 0) is 11.1 Å². The van der Waals surface area contributed by atoms with E-state index in [9.17, 15) is 4.79 Å². The van der Waals surface area contributed by atoms with Gasteiger partial charge in [-0.3, -0.25) is 9.59 Å². The van der Waals surface area contributed by atoms with Crippen molar-refractivity contribution in [1.29, 1.82) is 0 Å². The van der Waals surface area contributed by atoms with E-state index in [0.717, 1.165) is 11.1 Å². The molecule has 0 amide bonds. The highest BCUT2D eigenvalue weighted by Crippen LogP contribution is 1.98. The Morgan fingerprint density at radius 2 is 1.29 bits per heavy atom. The van der Waals surface area contributed by atoms with Gasteiger partial charge < -0.3 is 14.9 Å². The first kappa shape index (κ1) is 18.3. The summed E-state index contributed by atoms with van der Waals surface area (Å²) in [6.07, 6.45) is 0. The number of rotatable bonds is 4. The van der Waals surface area contributed by atoms with Crippen LogP contribution in [-0.2, 0) is 27.5 Å². The third-order valence-electron chi connectivity index (χ3n) is 2.19. The van der Waals surface area contributed by atoms with Crippen molar-refractivity contribution in [1.82, 2.24) is 0 Å². The summed E-state index contributed by atoms with van der Waals surface area (Å²) in [5.41, 5.74) is 1.97. The van der Waals surface area contributed by atoms with Crippen LogP contribution in [0, 0.1) is 0 Å². The molecule has 0 aliphatic heterocycles. The van der Waals surface area contributed by atoms with Gasteiger partial charge in [-0.15, -0.1) is 0 Å². The fourth-order valence-corrected chi connectivity index (χ4v) is 1.29. The average molecular weight is 290 g/mol. The van der Waals surface area contributed by atoms with Crippen LogP contribution in [0.1, 0.15) is 11.1 Å². The van der Waals surface area contributed by atoms with E-state index in [-0.39, 0.29) is 13.1 Å². The molecule has 0 radical (unpaired) electrons. The van der Waals surface area contributed by atoms with E-state index in [2.05, 4.69) is 4.74 Å². The third-order valence-corrected chi connectivity index (χ3v) is 2.19. The molecule has 2 aromatic carbocycles. The monoisotopic (exact) mass is 290 g/mol. The van der Waals surface area contributed by atoms with Crippen LogP contribution in [0.15, 0.2) is 60.7 Å². The van der Waals surface area contributed by atoms with Gasteiger partial charge in [0.2, 0.25) is 0 Å². The molecule has 21 heavy (non-hydrogen) atoms. The first-order valence-electron chi connectivity index (χ1n) is 6.10. The molecule has 0 atom stereocenters. The van der Waals surface area contributed by atoms with Gasteiger partial charge in [-0.1, -0.05) is 60.7 Å². The van der Waals surface area contributed by atoms with Crippen LogP contribution in [0.2, 0.25) is 0 Å². The number of hydrogen-bond donors (Lipinski definition) is 2. The number of benzene rings is 2. The third kappa shape index (κ3) is 10.9. The second-order valence-corrected chi connectivity index (χ2v) is 3.64. The highest BCUT2D eigenvalue weighted by Gasteiger charge is 1.87. The molecule has 0 aliphatic rings. The van der Waals surface area contributed by atoms with E-state index in [1.807, 2.05) is 60.7 Å². The Morgan fingerprint density at radius 3 is 1.62 bits per heavy atom. The number of carbonyl (C=O) groups excluding carboxylic acids is 1. The molecule has 0 saturated heterocycles. The van der Waals surface area contributed by atoms with Crippen molar-refractivity contribution in [3.05, 3.63) is 71.8 Å². The van der Waals surface area contributed by atoms with Crippen LogP contribution in [0.3, 0.4) is 0 Å². The van der Waals surface area contributed by atoms with Gasteiger partial charge >= 0.3 is 0 Å². The number of hydrogen-bond acceptors (Lipinski definition) is 4. The van der Waals surface area contributed by atoms with E-state index >= 15 is 0 Å². The number of aliphatic hydroxyl groups is 1. The number of carboxylic acid groups (broad SMARTS) is 1. The molecular formula is C16H18O5. The van der Waals surface area contributed by atoms with Gasteiger partial charge in [0.1, 0.15) is 6.61 Å². The minimum absolute atomic E-state index is 0.140. The summed E-state index contributed by atoms with van der Waals surface area (Å²) >= 11 is 0. The summed E-state index contributed by atoms with van der Waals surface area (Å²) in [7, 11) is 0. The van der Waals surface area contributed by atoms with Crippen molar-refractivity contribution >= 4 is 12.9 Å². The molecular weight excluding hydrogens is 272 g/mol. The Labute approximate surface area is 123 Å². The molecule has 5 nitrogen and oxygen atoms in total. The lowest BCUT2D eigenvalue weighted by Gasteiger charge is -1.95. The van der Waals surface area contributed by atoms with E-state index < -0.39 is 0 Å². The Balaban J connectivity index is 0.000000327. The average Bonchev–Trinajstić information content (AvgIpc) is 2.56. The second kappa shape index (κ2) is 13.8. The summed E-state index contributed by atoms with van der Waals surface area (Å²) in [6, 6.07) is 19.1. The van der Waals surface area contributed by atoms with Crippen molar-refractivity contribution < 1.29 is 24.5 Å². The summed E-state index contributed by atoms with van der Waals surface area (Å²) in [5, 5.41) is 15.4. The fraction of sp³-hybridized carbons (Fsp3) is 0.125. The zero-order valence-corrected chi connectivity index (χ0v) is 11.5. The number of ether oxygens (including phenoxy) is 1. The van der Waals surface area contributed by atoms with Crippen LogP contribution >= 0.6 is 0 Å². The molecule has 0 saturated carbocycles. The maximum atomic E-state index is 9.76. The molecule has 0 bridgehead atoms. The molecule has 0 fully saturated rings. The quantitative estimate of drug-likeness (QED) is 0.844. The molecule has 0 aliphatic carbocycles. The Kier molecular flexibility index (Phi) is 12.0. The molecule has 2 aromatic rings. The van der Waals surface area contributed by atoms with Gasteiger partial charge in [0.15, 0.2) is 0 Å². The maximum Gasteiger partial charge on any atom is 0.293 e. The van der Waals surface area contributed by atoms with Crippen molar-refractivity contribution in [3.63, 3.8) is 0 Å². The van der Waals surface area contributed by atoms with Crippen LogP contribution in [0.4, 0.5) is 0 Å². The highest BCUT2D eigenvalue weighted by molar-refractivity contribution is 5.37. The lowest BCUT2D eigenvalue weighted by Crippen LogP contribution is -1.88. The summed E-state index contributed by atoms with van der Waals surface area (Å²) < 4.78 is 4.54. The van der Waals surface area contributed by atoms with Crippen LogP contribution in [0.25, 0.3) is 0 Å². The van der Waals surface area contributed by atoms with Crippen molar-refractivity contribution in [2.24, 2.45) is 0 Å². The smallest absolute Gasteiger partial charge is 0.293 e. The van der Waals surface area contributed by atoms with E-state index in [1.54, 1.807) is 0 Å². The molecule has 5 heteroatoms. The minimum atomic E-state index is -0.250. The van der Waals surface area contributed by atoms with Crippen molar-refractivity contribution in [2.75, 3.05) is 0 Å². The topological polar surface area (TPSA) is 83.8 Å². The van der Waals surface area contributed by atoms with E-state index in [1.165, 1.54) is 0 Å². The summed E-state index contributed by atoms with van der Waals surface area (Å²) in [6.45, 7) is 0.707. The van der Waals surface area contributed by atoms with Gasteiger partial charge in [-0.25, -0.2) is 0 Å². The lowest BCUT2D eigenvalue weighted by molar-refractivity contribution is -0.129. The molecule has 2 rings (SSSR count). The zero-order chi connectivity index (χ0) is 15.8. The van der Waals surface area contributed by atoms with Gasteiger partial charge in [0, 0.05) is 0 Å². The predicted octanol–water partition coefficient (Wildman–Crippen LogP) is 2.24. The number of aliphatic hydroxyl groups excluding tert-OH is 1. The van der Waals surface area contributed by atoms with Crippen LogP contribution in [0.5, 0.6) is 0 Å². The summed E-state index contributed by atoms with van der Waals surface area (Å²) in [5.74, 6) is 0. The van der Waals surface area contributed by atoms with Gasteiger partial charge in [-0.2, -0.15) is 0 Å². The van der Waals surface area contributed by atoms with Crippen molar-refractivity contribution in [2.45, 2.75) is 13.2 Å². The van der Waals surface area contributed by atoms with Crippen LogP contribution < -0.4 is 0 Å². The lowest BCUT2D eigenvalue weighted by atomic mass is 10.2. The highest BCUT2D eigenvalue weighted by atomic mass is 16.5. The Bertz CT molecular complexity index is 471. The maximum absolute atomic E-state index is 9.76. The molecule has 2 N–H and O–H groups in total. The summed E-state index contributed by atoms with van der Waals surface area (Å²) in [4.78, 5) is 18.1. The number of carbonyl (C=O) groups is 2. The molecule has 0 spiro atoms. The normalized spacial score (nSPS) is 8.24. The Morgan fingerprint density at radius 1 is 0.857 bits per heavy atom. The first-order chi connectivity index (χ1) is 10.3. The molecule has 112 valence electrons. The second-order valence-electron chi connectivity index (χ2n) is 3.64. The van der Waals surface area contributed by atoms with E-state index in [4.69, 9.17) is 15.0 Å². The molecule has 0 heterocycles. The minimum Gasteiger partial charge on any atom is -0.483 e. The fourth-order valence-electron chi connectivity index (χ4n) is 1.29. The largest absolute Gasteiger partial charge is 0.483 e. The molecule has 0 unspecified atom stereocenters. The van der Waals surface area contributed by atoms with Crippen LogP contribution in [-0.4, -0.2) is 23.2 Å². The van der Waals surface area contributed by atoms with Crippen molar-refractivity contribution in [3.8, 4) is 0 Å². The first-order valence-corrected chi connectivity index (χ1v) is 6.10. The van der Waals surface area contributed by atoms with E-state index in [0.29, 0.717) is 13.1 Å². The predicted molar refractivity (Wildman–Crippen MR) is 78.4 cm³/mol. The van der Waals surface area contributed by atoms with Gasteiger partial charge in [0.05, 0.1) is 6.61 Å². The standard InChI is InChI=1S/C8H8O2.C7H8O.CH2O2/c9-7-10-6-8-4-2-1-3-5-8;8-6-7-4-2-1-3-5-7;2-1-3/h1-5,7H,6H2;1-5,8H,6H2;1H,(H,2,3).